The second kappa shape index (κ2) is 7.86. The molecule has 0 aliphatic heterocycles. The highest BCUT2D eigenvalue weighted by Gasteiger charge is 2.16. The number of para-hydroxylation sites is 1. The summed E-state index contributed by atoms with van der Waals surface area (Å²) in [5, 5.41) is 0. The average Bonchev–Trinajstić information content (AvgIpc) is 2.59. The number of nitrogens with zero attached hydrogens (tertiary/aromatic N) is 1. The predicted octanol–water partition coefficient (Wildman–Crippen LogP) is 4.37. The average molecular weight is 305 g/mol. The molecule has 0 unspecified atom stereocenters. The molecule has 0 atom stereocenters. The van der Waals surface area contributed by atoms with Crippen molar-refractivity contribution in [3.63, 3.8) is 0 Å². The lowest BCUT2D eigenvalue weighted by molar-refractivity contribution is 0.179. The van der Waals surface area contributed by atoms with E-state index in [2.05, 4.69) is 25.0 Å². The largest absolute Gasteiger partial charge is 0.452 e. The maximum absolute atomic E-state index is 12.0. The third-order valence-corrected chi connectivity index (χ3v) is 3.40. The number of carbonyl (C=O) groups excluding carboxylic acids is 1. The molecule has 0 saturated carbocycles. The van der Waals surface area contributed by atoms with Gasteiger partial charge in [-0.05, 0) is 24.1 Å². The van der Waals surface area contributed by atoms with Crippen LogP contribution < -0.4 is 4.90 Å². The van der Waals surface area contributed by atoms with E-state index in [0.717, 1.165) is 16.8 Å². The van der Waals surface area contributed by atoms with Gasteiger partial charge in [-0.1, -0.05) is 66.1 Å². The minimum Gasteiger partial charge on any atom is -0.452 e. The van der Waals surface area contributed by atoms with Crippen molar-refractivity contribution < 1.29 is 9.53 Å². The van der Waals surface area contributed by atoms with Crippen molar-refractivity contribution in [1.29, 1.82) is 0 Å². The molecule has 0 fully saturated rings. The van der Waals surface area contributed by atoms with E-state index in [0.29, 0.717) is 0 Å². The number of methoxy groups -OCH3 is 1. The summed E-state index contributed by atoms with van der Waals surface area (Å²) in [6.45, 7) is 2.21. The van der Waals surface area contributed by atoms with Crippen molar-refractivity contribution in [1.82, 2.24) is 0 Å². The van der Waals surface area contributed by atoms with Crippen molar-refractivity contribution in [3.05, 3.63) is 65.2 Å². The Bertz CT molecular complexity index is 739. The Balaban J connectivity index is 2.34. The van der Waals surface area contributed by atoms with Crippen LogP contribution in [0.25, 0.3) is 12.2 Å². The fourth-order valence-electron chi connectivity index (χ4n) is 2.19. The zero-order chi connectivity index (χ0) is 16.7. The van der Waals surface area contributed by atoms with Gasteiger partial charge in [-0.25, -0.2) is 4.79 Å². The summed E-state index contributed by atoms with van der Waals surface area (Å²) < 4.78 is 4.82. The van der Waals surface area contributed by atoms with E-state index < -0.39 is 6.09 Å². The molecule has 0 heterocycles. The quantitative estimate of drug-likeness (QED) is 0.620. The van der Waals surface area contributed by atoms with E-state index in [1.54, 1.807) is 0 Å². The molecule has 3 nitrogen and oxygen atoms in total. The highest BCUT2D eigenvalue weighted by atomic mass is 16.5. The molecular formula is C20H19NO2. The number of anilines is 1. The Morgan fingerprint density at radius 2 is 1.87 bits per heavy atom. The number of aryl methyl sites for hydroxylation is 1. The summed E-state index contributed by atoms with van der Waals surface area (Å²) in [4.78, 5) is 13.4. The van der Waals surface area contributed by atoms with Gasteiger partial charge in [0.1, 0.15) is 0 Å². The summed E-state index contributed by atoms with van der Waals surface area (Å²) in [5.74, 6) is 2.49. The lowest BCUT2D eigenvalue weighted by Gasteiger charge is -2.20. The van der Waals surface area contributed by atoms with Crippen LogP contribution in [0, 0.1) is 19.3 Å². The second-order valence-corrected chi connectivity index (χ2v) is 5.06. The molecule has 0 aliphatic rings. The number of hydrogen-bond donors (Lipinski definition) is 0. The number of hydrogen-bond acceptors (Lipinski definition) is 2. The van der Waals surface area contributed by atoms with Gasteiger partial charge in [-0.3, -0.25) is 4.90 Å². The van der Waals surface area contributed by atoms with Gasteiger partial charge in [-0.15, -0.1) is 6.42 Å². The van der Waals surface area contributed by atoms with E-state index in [-0.39, 0.29) is 6.54 Å². The molecule has 0 saturated heterocycles. The number of ether oxygens (including phenoxy) is 1. The summed E-state index contributed by atoms with van der Waals surface area (Å²) >= 11 is 0. The molecule has 2 rings (SSSR count). The van der Waals surface area contributed by atoms with Gasteiger partial charge in [0.2, 0.25) is 0 Å². The van der Waals surface area contributed by atoms with Gasteiger partial charge in [0, 0.05) is 0 Å². The standard InChI is InChI=1S/C20H19NO2/c1-4-15-21(20(22)23-3)19-8-6-5-7-18(19)14-13-17-11-9-16(2)10-12-17/h1,5-14H,15H2,2-3H3. The molecule has 3 heteroatoms. The Labute approximate surface area is 137 Å². The fraction of sp³-hybridized carbons (Fsp3) is 0.150. The van der Waals surface area contributed by atoms with Crippen molar-refractivity contribution >= 4 is 23.9 Å². The summed E-state index contributed by atoms with van der Waals surface area (Å²) in [6.07, 6.45) is 8.87. The highest BCUT2D eigenvalue weighted by Crippen LogP contribution is 2.23. The Morgan fingerprint density at radius 3 is 2.52 bits per heavy atom. The lowest BCUT2D eigenvalue weighted by Crippen LogP contribution is -2.31. The number of rotatable bonds is 4. The van der Waals surface area contributed by atoms with Gasteiger partial charge in [-0.2, -0.15) is 0 Å². The van der Waals surface area contributed by atoms with E-state index in [4.69, 9.17) is 11.2 Å². The molecule has 1 amide bonds. The third-order valence-electron chi connectivity index (χ3n) is 3.40. The molecular weight excluding hydrogens is 286 g/mol. The minimum atomic E-state index is -0.473. The maximum atomic E-state index is 12.0. The summed E-state index contributed by atoms with van der Waals surface area (Å²) in [5.41, 5.74) is 3.93. The van der Waals surface area contributed by atoms with Gasteiger partial charge in [0.25, 0.3) is 0 Å². The molecule has 2 aromatic carbocycles. The lowest BCUT2D eigenvalue weighted by atomic mass is 10.1. The van der Waals surface area contributed by atoms with Crippen LogP contribution in [0.3, 0.4) is 0 Å². The zero-order valence-corrected chi connectivity index (χ0v) is 13.3. The first-order valence-electron chi connectivity index (χ1n) is 7.28. The SMILES string of the molecule is C#CCN(C(=O)OC)c1ccccc1C=Cc1ccc(C)cc1. The highest BCUT2D eigenvalue weighted by molar-refractivity contribution is 5.92. The van der Waals surface area contributed by atoms with E-state index in [1.807, 2.05) is 48.6 Å². The van der Waals surface area contributed by atoms with Crippen LogP contribution in [0.15, 0.2) is 48.5 Å². The van der Waals surface area contributed by atoms with Gasteiger partial charge in [0.05, 0.1) is 19.3 Å². The van der Waals surface area contributed by atoms with Crippen molar-refractivity contribution in [2.24, 2.45) is 0 Å². The van der Waals surface area contributed by atoms with Crippen molar-refractivity contribution in [2.75, 3.05) is 18.6 Å². The van der Waals surface area contributed by atoms with Crippen LogP contribution >= 0.6 is 0 Å². The van der Waals surface area contributed by atoms with Crippen LogP contribution in [0.2, 0.25) is 0 Å². The van der Waals surface area contributed by atoms with Gasteiger partial charge >= 0.3 is 6.09 Å². The predicted molar refractivity (Wildman–Crippen MR) is 95.1 cm³/mol. The molecule has 0 spiro atoms. The Hall–Kier alpha value is -2.99. The van der Waals surface area contributed by atoms with Crippen molar-refractivity contribution in [3.8, 4) is 12.3 Å². The molecule has 2 aromatic rings. The van der Waals surface area contributed by atoms with Gasteiger partial charge < -0.3 is 4.74 Å². The smallest absolute Gasteiger partial charge is 0.414 e. The van der Waals surface area contributed by atoms with Crippen LogP contribution in [-0.4, -0.2) is 19.7 Å². The summed E-state index contributed by atoms with van der Waals surface area (Å²) in [7, 11) is 1.34. The van der Waals surface area contributed by atoms with E-state index >= 15 is 0 Å². The Kier molecular flexibility index (Phi) is 5.60. The monoisotopic (exact) mass is 305 g/mol. The molecule has 0 bridgehead atoms. The molecule has 0 N–H and O–H groups in total. The first-order chi connectivity index (χ1) is 11.2. The topological polar surface area (TPSA) is 29.5 Å². The number of terminal acetylenes is 1. The minimum absolute atomic E-state index is 0.155. The molecule has 116 valence electrons. The first kappa shape index (κ1) is 16.4. The second-order valence-electron chi connectivity index (χ2n) is 5.06. The van der Waals surface area contributed by atoms with Crippen LogP contribution in [0.4, 0.5) is 10.5 Å². The van der Waals surface area contributed by atoms with Crippen LogP contribution in [0.1, 0.15) is 16.7 Å². The third kappa shape index (κ3) is 4.24. The zero-order valence-electron chi connectivity index (χ0n) is 13.3. The fourth-order valence-corrected chi connectivity index (χ4v) is 2.19. The number of benzene rings is 2. The number of carbonyl (C=O) groups is 1. The maximum Gasteiger partial charge on any atom is 0.414 e. The van der Waals surface area contributed by atoms with E-state index in [1.165, 1.54) is 17.6 Å². The van der Waals surface area contributed by atoms with Crippen molar-refractivity contribution in [2.45, 2.75) is 6.92 Å². The normalized spacial score (nSPS) is 10.3. The molecule has 0 aliphatic carbocycles. The van der Waals surface area contributed by atoms with Crippen LogP contribution in [-0.2, 0) is 4.74 Å². The molecule has 0 radical (unpaired) electrons. The van der Waals surface area contributed by atoms with E-state index in [9.17, 15) is 4.79 Å². The number of amides is 1. The van der Waals surface area contributed by atoms with Crippen LogP contribution in [0.5, 0.6) is 0 Å². The summed E-state index contributed by atoms with van der Waals surface area (Å²) in [6, 6.07) is 15.8. The first-order valence-corrected chi connectivity index (χ1v) is 7.28. The Morgan fingerprint density at radius 1 is 1.17 bits per heavy atom. The molecule has 23 heavy (non-hydrogen) atoms. The molecule has 0 aromatic heterocycles. The van der Waals surface area contributed by atoms with Gasteiger partial charge in [0.15, 0.2) is 0 Å².